The Bertz CT molecular complexity index is 992. The molecule has 0 saturated carbocycles. The standard InChI is InChI=1S/C25H31F3N4O3/c1-24(2,3)21(31-23(34)30-18-9-11-20(12-10-18)35-25(26,27)28)22(33)29-19-13-14-32(16-19)15-17-7-5-4-6-8-17/h4-12,19,21H,13-16H2,1-3H3,(H,29,33)(H2,30,31,34)/t19-,21+/m0/s1. The van der Waals surface area contributed by atoms with E-state index in [0.717, 1.165) is 38.2 Å². The Morgan fingerprint density at radius 1 is 1.06 bits per heavy atom. The van der Waals surface area contributed by atoms with E-state index in [0.29, 0.717) is 0 Å². The second-order valence-electron chi connectivity index (χ2n) is 9.68. The Hall–Kier alpha value is -3.27. The number of benzene rings is 2. The number of anilines is 1. The molecule has 10 heteroatoms. The van der Waals surface area contributed by atoms with Gasteiger partial charge < -0.3 is 20.7 Å². The lowest BCUT2D eigenvalue weighted by molar-refractivity contribution is -0.274. The molecule has 2 atom stereocenters. The van der Waals surface area contributed by atoms with Crippen LogP contribution in [-0.2, 0) is 11.3 Å². The van der Waals surface area contributed by atoms with E-state index in [1.807, 2.05) is 39.0 Å². The van der Waals surface area contributed by atoms with Crippen LogP contribution < -0.4 is 20.7 Å². The molecule has 0 radical (unpaired) electrons. The van der Waals surface area contributed by atoms with E-state index in [-0.39, 0.29) is 17.6 Å². The second-order valence-corrected chi connectivity index (χ2v) is 9.68. The third-order valence-electron chi connectivity index (χ3n) is 5.62. The molecule has 3 N–H and O–H groups in total. The fraction of sp³-hybridized carbons (Fsp3) is 0.440. The molecule has 3 amide bonds. The van der Waals surface area contributed by atoms with Crippen molar-refractivity contribution in [2.75, 3.05) is 18.4 Å². The van der Waals surface area contributed by atoms with Gasteiger partial charge in [0.15, 0.2) is 0 Å². The first-order chi connectivity index (χ1) is 16.4. The van der Waals surface area contributed by atoms with E-state index >= 15 is 0 Å². The Labute approximate surface area is 203 Å². The summed E-state index contributed by atoms with van der Waals surface area (Å²) in [6, 6.07) is 13.4. The van der Waals surface area contributed by atoms with Gasteiger partial charge in [-0.15, -0.1) is 13.2 Å². The van der Waals surface area contributed by atoms with Crippen LogP contribution in [0, 0.1) is 5.41 Å². The Morgan fingerprint density at radius 2 is 1.71 bits per heavy atom. The number of alkyl halides is 3. The van der Waals surface area contributed by atoms with Crippen LogP contribution in [0.1, 0.15) is 32.8 Å². The predicted molar refractivity (Wildman–Crippen MR) is 127 cm³/mol. The van der Waals surface area contributed by atoms with Gasteiger partial charge in [-0.3, -0.25) is 9.69 Å². The highest BCUT2D eigenvalue weighted by molar-refractivity contribution is 5.94. The molecule has 0 bridgehead atoms. The maximum atomic E-state index is 13.1. The van der Waals surface area contributed by atoms with Crippen LogP contribution in [0.25, 0.3) is 0 Å². The molecular formula is C25H31F3N4O3. The molecule has 7 nitrogen and oxygen atoms in total. The van der Waals surface area contributed by atoms with Crippen molar-refractivity contribution in [1.82, 2.24) is 15.5 Å². The van der Waals surface area contributed by atoms with Crippen molar-refractivity contribution in [3.63, 3.8) is 0 Å². The number of carbonyl (C=O) groups is 2. The minimum absolute atomic E-state index is 0.0258. The largest absolute Gasteiger partial charge is 0.573 e. The lowest BCUT2D eigenvalue weighted by Crippen LogP contribution is -2.56. The van der Waals surface area contributed by atoms with Crippen LogP contribution >= 0.6 is 0 Å². The molecule has 2 aromatic carbocycles. The molecule has 1 heterocycles. The van der Waals surface area contributed by atoms with Gasteiger partial charge >= 0.3 is 12.4 Å². The molecule has 1 fully saturated rings. The van der Waals surface area contributed by atoms with Crippen LogP contribution in [0.4, 0.5) is 23.7 Å². The lowest BCUT2D eigenvalue weighted by Gasteiger charge is -2.31. The summed E-state index contributed by atoms with van der Waals surface area (Å²) in [6.07, 6.45) is -3.98. The molecule has 3 rings (SSSR count). The average Bonchev–Trinajstić information content (AvgIpc) is 3.19. The Balaban J connectivity index is 1.54. The van der Waals surface area contributed by atoms with Gasteiger partial charge in [0.2, 0.25) is 5.91 Å². The minimum Gasteiger partial charge on any atom is -0.406 e. The van der Waals surface area contributed by atoms with Crippen molar-refractivity contribution in [1.29, 1.82) is 0 Å². The molecule has 0 unspecified atom stereocenters. The number of hydrogen-bond acceptors (Lipinski definition) is 4. The van der Waals surface area contributed by atoms with E-state index in [1.165, 1.54) is 17.7 Å². The highest BCUT2D eigenvalue weighted by Gasteiger charge is 2.35. The number of hydrogen-bond donors (Lipinski definition) is 3. The molecule has 0 spiro atoms. The van der Waals surface area contributed by atoms with Gasteiger partial charge in [0, 0.05) is 31.4 Å². The molecule has 1 saturated heterocycles. The monoisotopic (exact) mass is 492 g/mol. The smallest absolute Gasteiger partial charge is 0.406 e. The summed E-state index contributed by atoms with van der Waals surface area (Å²) >= 11 is 0. The molecular weight excluding hydrogens is 461 g/mol. The van der Waals surface area contributed by atoms with Gasteiger partial charge in [-0.25, -0.2) is 4.79 Å². The number of amides is 3. The molecule has 0 aromatic heterocycles. The fourth-order valence-corrected chi connectivity index (χ4v) is 3.93. The van der Waals surface area contributed by atoms with Crippen LogP contribution in [-0.4, -0.2) is 48.4 Å². The highest BCUT2D eigenvalue weighted by Crippen LogP contribution is 2.24. The van der Waals surface area contributed by atoms with Crippen LogP contribution in [0.3, 0.4) is 0 Å². The van der Waals surface area contributed by atoms with Gasteiger partial charge in [-0.2, -0.15) is 0 Å². The molecule has 1 aliphatic heterocycles. The van der Waals surface area contributed by atoms with Crippen molar-refractivity contribution >= 4 is 17.6 Å². The summed E-state index contributed by atoms with van der Waals surface area (Å²) in [7, 11) is 0. The van der Waals surface area contributed by atoms with E-state index in [4.69, 9.17) is 0 Å². The zero-order valence-corrected chi connectivity index (χ0v) is 20.0. The number of rotatable bonds is 7. The zero-order valence-electron chi connectivity index (χ0n) is 20.0. The van der Waals surface area contributed by atoms with E-state index in [1.54, 1.807) is 0 Å². The van der Waals surface area contributed by atoms with Crippen molar-refractivity contribution in [2.45, 2.75) is 52.2 Å². The number of ether oxygens (including phenoxy) is 1. The number of likely N-dealkylation sites (tertiary alicyclic amines) is 1. The normalized spacial score (nSPS) is 17.5. The third kappa shape index (κ3) is 8.47. The first-order valence-electron chi connectivity index (χ1n) is 11.4. The topological polar surface area (TPSA) is 82.7 Å². The van der Waals surface area contributed by atoms with Gasteiger partial charge in [-0.05, 0) is 41.7 Å². The summed E-state index contributed by atoms with van der Waals surface area (Å²) in [5.41, 5.74) is 0.898. The second kappa shape index (κ2) is 11.0. The van der Waals surface area contributed by atoms with Gasteiger partial charge in [-0.1, -0.05) is 51.1 Å². The Morgan fingerprint density at radius 3 is 2.31 bits per heavy atom. The minimum atomic E-state index is -4.79. The fourth-order valence-electron chi connectivity index (χ4n) is 3.93. The van der Waals surface area contributed by atoms with E-state index in [9.17, 15) is 22.8 Å². The molecule has 35 heavy (non-hydrogen) atoms. The Kier molecular flexibility index (Phi) is 8.26. The average molecular weight is 493 g/mol. The highest BCUT2D eigenvalue weighted by atomic mass is 19.4. The summed E-state index contributed by atoms with van der Waals surface area (Å²) in [6.45, 7) is 7.92. The first-order valence-corrected chi connectivity index (χ1v) is 11.4. The number of carbonyl (C=O) groups excluding carboxylic acids is 2. The van der Waals surface area contributed by atoms with Gasteiger partial charge in [0.25, 0.3) is 0 Å². The van der Waals surface area contributed by atoms with Crippen molar-refractivity contribution in [3.05, 3.63) is 60.2 Å². The summed E-state index contributed by atoms with van der Waals surface area (Å²) in [5.74, 6) is -0.679. The molecule has 190 valence electrons. The van der Waals surface area contributed by atoms with Crippen molar-refractivity contribution < 1.29 is 27.5 Å². The number of halogens is 3. The molecule has 2 aromatic rings. The summed E-state index contributed by atoms with van der Waals surface area (Å²) < 4.78 is 40.7. The van der Waals surface area contributed by atoms with Crippen molar-refractivity contribution in [2.24, 2.45) is 5.41 Å². The van der Waals surface area contributed by atoms with Crippen LogP contribution in [0.15, 0.2) is 54.6 Å². The summed E-state index contributed by atoms with van der Waals surface area (Å²) in [5, 5.41) is 8.29. The van der Waals surface area contributed by atoms with Gasteiger partial charge in [0.1, 0.15) is 11.8 Å². The summed E-state index contributed by atoms with van der Waals surface area (Å²) in [4.78, 5) is 27.9. The van der Waals surface area contributed by atoms with E-state index < -0.39 is 29.6 Å². The first kappa shape index (κ1) is 26.3. The maximum absolute atomic E-state index is 13.1. The lowest BCUT2D eigenvalue weighted by atomic mass is 9.86. The predicted octanol–water partition coefficient (Wildman–Crippen LogP) is 4.51. The number of nitrogens with zero attached hydrogens (tertiary/aromatic N) is 1. The zero-order chi connectivity index (χ0) is 25.6. The van der Waals surface area contributed by atoms with Crippen molar-refractivity contribution in [3.8, 4) is 5.75 Å². The van der Waals surface area contributed by atoms with Crippen LogP contribution in [0.2, 0.25) is 0 Å². The molecule has 0 aliphatic carbocycles. The third-order valence-corrected chi connectivity index (χ3v) is 5.62. The van der Waals surface area contributed by atoms with Gasteiger partial charge in [0.05, 0.1) is 0 Å². The molecule has 1 aliphatic rings. The number of nitrogens with one attached hydrogen (secondary N) is 3. The SMILES string of the molecule is CC(C)(C)[C@H](NC(=O)Nc1ccc(OC(F)(F)F)cc1)C(=O)N[C@H]1CCN(Cc2ccccc2)C1. The maximum Gasteiger partial charge on any atom is 0.573 e. The quantitative estimate of drug-likeness (QED) is 0.531. The number of urea groups is 1. The van der Waals surface area contributed by atoms with E-state index in [2.05, 4.69) is 37.7 Å². The van der Waals surface area contributed by atoms with Crippen LogP contribution in [0.5, 0.6) is 5.75 Å².